The third-order valence-corrected chi connectivity index (χ3v) is 7.07. The fraction of sp³-hybridized carbons (Fsp3) is 0.0556. The summed E-state index contributed by atoms with van der Waals surface area (Å²) >= 11 is 0. The van der Waals surface area contributed by atoms with Crippen molar-refractivity contribution in [1.82, 2.24) is 0 Å². The molecule has 36 heavy (non-hydrogen) atoms. The highest BCUT2D eigenvalue weighted by atomic mass is 14.4. The molecular weight excluding hydrogens is 432 g/mol. The second-order valence-corrected chi connectivity index (χ2v) is 9.39. The minimum atomic E-state index is 0.113. The van der Waals surface area contributed by atoms with Crippen LogP contribution in [0.4, 0.5) is 0 Å². The normalized spacial score (nSPS) is 15.4. The highest BCUT2D eigenvalue weighted by Crippen LogP contribution is 2.58. The summed E-state index contributed by atoms with van der Waals surface area (Å²) in [5, 5.41) is 0. The second-order valence-electron chi connectivity index (χ2n) is 9.39. The number of aryl methyl sites for hydroxylation is 1. The van der Waals surface area contributed by atoms with Crippen LogP contribution in [0.15, 0.2) is 146 Å². The highest BCUT2D eigenvalue weighted by Gasteiger charge is 2.37. The van der Waals surface area contributed by atoms with Gasteiger partial charge in [-0.05, 0) is 57.0 Å². The Bertz CT molecular complexity index is 1520. The van der Waals surface area contributed by atoms with E-state index in [4.69, 9.17) is 0 Å². The summed E-state index contributed by atoms with van der Waals surface area (Å²) in [6, 6.07) is 52.8. The Hall–Kier alpha value is -4.42. The number of rotatable bonds is 5. The molecule has 0 nitrogen and oxygen atoms in total. The lowest BCUT2D eigenvalue weighted by Crippen LogP contribution is -2.03. The van der Waals surface area contributed by atoms with Crippen LogP contribution >= 0.6 is 0 Å². The van der Waals surface area contributed by atoms with Gasteiger partial charge in [0.25, 0.3) is 0 Å². The molecule has 0 heterocycles. The van der Waals surface area contributed by atoms with Crippen molar-refractivity contribution in [3.63, 3.8) is 0 Å². The molecule has 1 atom stereocenters. The van der Waals surface area contributed by atoms with Crippen molar-refractivity contribution in [2.75, 3.05) is 0 Å². The second kappa shape index (κ2) is 9.68. The third-order valence-electron chi connectivity index (χ3n) is 7.07. The van der Waals surface area contributed by atoms with E-state index < -0.39 is 0 Å². The fourth-order valence-electron chi connectivity index (χ4n) is 5.46. The van der Waals surface area contributed by atoms with E-state index in [9.17, 15) is 0 Å². The lowest BCUT2D eigenvalue weighted by molar-refractivity contribution is 1.14. The molecule has 1 aliphatic rings. The van der Waals surface area contributed by atoms with E-state index in [0.717, 1.165) is 0 Å². The van der Waals surface area contributed by atoms with Crippen molar-refractivity contribution >= 4 is 22.3 Å². The summed E-state index contributed by atoms with van der Waals surface area (Å²) in [7, 11) is 0. The summed E-state index contributed by atoms with van der Waals surface area (Å²) in [4.78, 5) is 0. The smallest absolute Gasteiger partial charge is 0.0364 e. The van der Waals surface area contributed by atoms with E-state index in [0.29, 0.717) is 0 Å². The van der Waals surface area contributed by atoms with Crippen molar-refractivity contribution < 1.29 is 0 Å². The van der Waals surface area contributed by atoms with Crippen LogP contribution in [0, 0.1) is 6.92 Å². The molecule has 5 aromatic carbocycles. The van der Waals surface area contributed by atoms with Gasteiger partial charge in [-0.1, -0.05) is 151 Å². The van der Waals surface area contributed by atoms with E-state index in [1.165, 1.54) is 55.7 Å². The standard InChI is InChI=1S/C36H28/c1-26-22-24-31(25-23-26)36-34(29-18-10-4-11-19-29)32(27-14-6-2-7-15-27)33(28-16-8-3-9-17-28)35(36)30-20-12-5-13-21-30/h2-25,32H,1H3. The summed E-state index contributed by atoms with van der Waals surface area (Å²) in [6.45, 7) is 2.15. The summed E-state index contributed by atoms with van der Waals surface area (Å²) in [6.07, 6.45) is 0. The molecule has 0 amide bonds. The molecule has 0 aromatic heterocycles. The van der Waals surface area contributed by atoms with Crippen LogP contribution in [0.2, 0.25) is 0 Å². The number of allylic oxidation sites excluding steroid dienone is 4. The Morgan fingerprint density at radius 3 is 1.17 bits per heavy atom. The first-order chi connectivity index (χ1) is 17.8. The average Bonchev–Trinajstić information content (AvgIpc) is 3.31. The van der Waals surface area contributed by atoms with Gasteiger partial charge in [0.1, 0.15) is 0 Å². The zero-order valence-corrected chi connectivity index (χ0v) is 20.4. The summed E-state index contributed by atoms with van der Waals surface area (Å²) < 4.78 is 0. The molecule has 6 rings (SSSR count). The molecule has 0 saturated carbocycles. The van der Waals surface area contributed by atoms with Crippen LogP contribution in [0.3, 0.4) is 0 Å². The van der Waals surface area contributed by atoms with Gasteiger partial charge in [-0.3, -0.25) is 0 Å². The van der Waals surface area contributed by atoms with Crippen molar-refractivity contribution in [2.24, 2.45) is 0 Å². The van der Waals surface area contributed by atoms with Gasteiger partial charge < -0.3 is 0 Å². The van der Waals surface area contributed by atoms with Crippen molar-refractivity contribution in [3.05, 3.63) is 179 Å². The third kappa shape index (κ3) is 4.01. The van der Waals surface area contributed by atoms with E-state index in [2.05, 4.69) is 153 Å². The van der Waals surface area contributed by atoms with Crippen LogP contribution in [-0.2, 0) is 0 Å². The molecule has 1 aliphatic carbocycles. The molecule has 5 aromatic rings. The molecular formula is C36H28. The number of hydrogen-bond donors (Lipinski definition) is 0. The lowest BCUT2D eigenvalue weighted by atomic mass is 9.81. The van der Waals surface area contributed by atoms with Gasteiger partial charge >= 0.3 is 0 Å². The van der Waals surface area contributed by atoms with Gasteiger partial charge in [0.05, 0.1) is 0 Å². The zero-order valence-electron chi connectivity index (χ0n) is 20.4. The van der Waals surface area contributed by atoms with Crippen LogP contribution in [-0.4, -0.2) is 0 Å². The van der Waals surface area contributed by atoms with Gasteiger partial charge in [0.2, 0.25) is 0 Å². The highest BCUT2D eigenvalue weighted by molar-refractivity contribution is 6.29. The fourth-order valence-corrected chi connectivity index (χ4v) is 5.46. The molecule has 172 valence electrons. The van der Waals surface area contributed by atoms with Crippen LogP contribution < -0.4 is 0 Å². The molecule has 0 aliphatic heterocycles. The lowest BCUT2D eigenvalue weighted by Gasteiger charge is -2.22. The largest absolute Gasteiger partial charge is 0.0622 e. The molecule has 0 saturated heterocycles. The Balaban J connectivity index is 1.77. The average molecular weight is 461 g/mol. The SMILES string of the molecule is Cc1ccc(C2=C(c3ccccc3)C(c3ccccc3)C(c3ccccc3)=C2c2ccccc2)cc1. The van der Waals surface area contributed by atoms with E-state index in [1.807, 2.05) is 0 Å². The van der Waals surface area contributed by atoms with Crippen molar-refractivity contribution in [1.29, 1.82) is 0 Å². The quantitative estimate of drug-likeness (QED) is 0.245. The zero-order chi connectivity index (χ0) is 24.3. The Kier molecular flexibility index (Phi) is 5.93. The minimum Gasteiger partial charge on any atom is -0.0622 e. The maximum Gasteiger partial charge on any atom is 0.0364 e. The van der Waals surface area contributed by atoms with E-state index in [1.54, 1.807) is 0 Å². The number of hydrogen-bond acceptors (Lipinski definition) is 0. The van der Waals surface area contributed by atoms with Crippen LogP contribution in [0.5, 0.6) is 0 Å². The molecule has 0 heteroatoms. The van der Waals surface area contributed by atoms with Crippen LogP contribution in [0.25, 0.3) is 22.3 Å². The first-order valence-electron chi connectivity index (χ1n) is 12.6. The predicted molar refractivity (Wildman–Crippen MR) is 153 cm³/mol. The topological polar surface area (TPSA) is 0 Å². The van der Waals surface area contributed by atoms with E-state index >= 15 is 0 Å². The maximum atomic E-state index is 2.28. The first-order valence-corrected chi connectivity index (χ1v) is 12.6. The first kappa shape index (κ1) is 22.1. The molecule has 0 fully saturated rings. The summed E-state index contributed by atoms with van der Waals surface area (Å²) in [5.74, 6) is 0.113. The Labute approximate surface area is 213 Å². The predicted octanol–water partition coefficient (Wildman–Crippen LogP) is 9.31. The van der Waals surface area contributed by atoms with E-state index in [-0.39, 0.29) is 5.92 Å². The minimum absolute atomic E-state index is 0.113. The molecule has 0 bridgehead atoms. The van der Waals surface area contributed by atoms with Gasteiger partial charge in [-0.15, -0.1) is 0 Å². The van der Waals surface area contributed by atoms with Crippen LogP contribution in [0.1, 0.15) is 39.3 Å². The Morgan fingerprint density at radius 2 is 0.722 bits per heavy atom. The van der Waals surface area contributed by atoms with Gasteiger partial charge in [0, 0.05) is 5.92 Å². The van der Waals surface area contributed by atoms with Crippen molar-refractivity contribution in [2.45, 2.75) is 12.8 Å². The van der Waals surface area contributed by atoms with Gasteiger partial charge in [-0.25, -0.2) is 0 Å². The molecule has 0 N–H and O–H groups in total. The maximum absolute atomic E-state index is 2.28. The monoisotopic (exact) mass is 460 g/mol. The molecule has 0 spiro atoms. The number of benzene rings is 5. The van der Waals surface area contributed by atoms with Gasteiger partial charge in [0.15, 0.2) is 0 Å². The summed E-state index contributed by atoms with van der Waals surface area (Å²) in [5.41, 5.74) is 13.0. The van der Waals surface area contributed by atoms with Gasteiger partial charge in [-0.2, -0.15) is 0 Å². The molecule has 0 radical (unpaired) electrons. The molecule has 1 unspecified atom stereocenters. The van der Waals surface area contributed by atoms with Crippen molar-refractivity contribution in [3.8, 4) is 0 Å². The Morgan fingerprint density at radius 1 is 0.361 bits per heavy atom.